The van der Waals surface area contributed by atoms with Crippen LogP contribution in [0, 0.1) is 6.92 Å². The fourth-order valence-electron chi connectivity index (χ4n) is 2.41. The van der Waals surface area contributed by atoms with Crippen molar-refractivity contribution in [2.24, 2.45) is 7.05 Å². The van der Waals surface area contributed by atoms with Crippen LogP contribution in [0.3, 0.4) is 0 Å². The summed E-state index contributed by atoms with van der Waals surface area (Å²) in [4.78, 5) is 7.68. The van der Waals surface area contributed by atoms with E-state index >= 15 is 0 Å². The normalized spacial score (nSPS) is 10.9. The molecule has 0 saturated carbocycles. The van der Waals surface area contributed by atoms with Crippen LogP contribution in [-0.2, 0) is 18.0 Å². The van der Waals surface area contributed by atoms with E-state index < -0.39 is 11.7 Å². The molecule has 0 amide bonds. The third kappa shape index (κ3) is 6.05. The summed E-state index contributed by atoms with van der Waals surface area (Å²) in [6, 6.07) is 5.28. The summed E-state index contributed by atoms with van der Waals surface area (Å²) in [6.45, 7) is 2.67. The molecule has 6 nitrogen and oxygen atoms in total. The minimum atomic E-state index is -4.39. The fraction of sp³-hybridized carbons (Fsp3) is 0.316. The topological polar surface area (TPSA) is 64.9 Å². The largest absolute Gasteiger partial charge is 0.419 e. The maximum atomic E-state index is 12.4. The number of pyridine rings is 2. The number of aryl methyl sites for hydroxylation is 2. The number of nitrogens with zero attached hydrogens (tertiary/aromatic N) is 4. The van der Waals surface area contributed by atoms with Crippen molar-refractivity contribution in [1.82, 2.24) is 19.7 Å². The highest BCUT2D eigenvalue weighted by Crippen LogP contribution is 2.33. The Morgan fingerprint density at radius 2 is 1.96 bits per heavy atom. The van der Waals surface area contributed by atoms with E-state index in [9.17, 15) is 13.2 Å². The van der Waals surface area contributed by atoms with Gasteiger partial charge in [-0.2, -0.15) is 18.3 Å². The lowest BCUT2D eigenvalue weighted by Gasteiger charge is -2.13. The first-order valence-corrected chi connectivity index (χ1v) is 8.47. The number of hydrogen-bond acceptors (Lipinski definition) is 5. The highest BCUT2D eigenvalue weighted by Gasteiger charge is 2.33. The third-order valence-electron chi connectivity index (χ3n) is 3.77. The van der Waals surface area contributed by atoms with Gasteiger partial charge >= 0.3 is 6.18 Å². The first-order chi connectivity index (χ1) is 13.3. The second-order valence-corrected chi connectivity index (χ2v) is 5.88. The van der Waals surface area contributed by atoms with E-state index in [0.717, 1.165) is 23.0 Å². The van der Waals surface area contributed by atoms with Crippen LogP contribution in [0.1, 0.15) is 11.3 Å². The van der Waals surface area contributed by atoms with Crippen molar-refractivity contribution in [3.05, 3.63) is 60.4 Å². The van der Waals surface area contributed by atoms with Crippen LogP contribution in [0.25, 0.3) is 11.1 Å². The van der Waals surface area contributed by atoms with Crippen LogP contribution < -0.4 is 5.32 Å². The zero-order valence-corrected chi connectivity index (χ0v) is 15.9. The summed E-state index contributed by atoms with van der Waals surface area (Å²) in [5.74, 6) is 0. The minimum absolute atomic E-state index is 0.0227. The Hall–Kier alpha value is -2.94. The molecule has 0 spiro atoms. The van der Waals surface area contributed by atoms with Crippen LogP contribution in [0.2, 0.25) is 0 Å². The van der Waals surface area contributed by atoms with Gasteiger partial charge in [0.15, 0.2) is 0 Å². The summed E-state index contributed by atoms with van der Waals surface area (Å²) in [5.41, 5.74) is 2.56. The lowest BCUT2D eigenvalue weighted by atomic mass is 10.1. The summed E-state index contributed by atoms with van der Waals surface area (Å²) >= 11 is 0. The molecule has 1 N–H and O–H groups in total. The van der Waals surface area contributed by atoms with Crippen LogP contribution in [0.5, 0.6) is 0 Å². The Morgan fingerprint density at radius 1 is 1.18 bits per heavy atom. The maximum Gasteiger partial charge on any atom is 0.419 e. The Balaban J connectivity index is 0.000000202. The molecule has 150 valence electrons. The molecule has 0 aliphatic carbocycles. The Labute approximate surface area is 161 Å². The molecule has 3 heterocycles. The van der Waals surface area contributed by atoms with Crippen molar-refractivity contribution < 1.29 is 17.9 Å². The number of methoxy groups -OCH3 is 1. The van der Waals surface area contributed by atoms with Gasteiger partial charge in [0.1, 0.15) is 0 Å². The number of halogens is 3. The molecule has 0 saturated heterocycles. The summed E-state index contributed by atoms with van der Waals surface area (Å²) in [6.07, 6.45) is 3.37. The summed E-state index contributed by atoms with van der Waals surface area (Å²) in [5, 5.41) is 6.76. The number of rotatable bonds is 5. The molecule has 3 rings (SSSR count). The molecule has 0 radical (unpaired) electrons. The molecule has 0 aliphatic rings. The Kier molecular flexibility index (Phi) is 7.51. The minimum Gasteiger partial charge on any atom is -0.383 e. The van der Waals surface area contributed by atoms with Crippen molar-refractivity contribution in [2.45, 2.75) is 13.1 Å². The monoisotopic (exact) mass is 393 g/mol. The van der Waals surface area contributed by atoms with Gasteiger partial charge in [0, 0.05) is 68.0 Å². The Morgan fingerprint density at radius 3 is 2.57 bits per heavy atom. The van der Waals surface area contributed by atoms with E-state index in [1.807, 2.05) is 32.4 Å². The van der Waals surface area contributed by atoms with E-state index in [2.05, 4.69) is 26.4 Å². The zero-order chi connectivity index (χ0) is 20.6. The summed E-state index contributed by atoms with van der Waals surface area (Å²) in [7, 11) is 3.40. The average Bonchev–Trinajstić information content (AvgIpc) is 3.09. The zero-order valence-electron chi connectivity index (χ0n) is 15.9. The Bertz CT molecular complexity index is 880. The molecule has 28 heavy (non-hydrogen) atoms. The third-order valence-corrected chi connectivity index (χ3v) is 3.77. The van der Waals surface area contributed by atoms with Gasteiger partial charge in [-0.1, -0.05) is 6.07 Å². The highest BCUT2D eigenvalue weighted by molar-refractivity contribution is 5.63. The second-order valence-electron chi connectivity index (χ2n) is 5.88. The van der Waals surface area contributed by atoms with Gasteiger partial charge in [-0.25, -0.2) is 0 Å². The van der Waals surface area contributed by atoms with Gasteiger partial charge in [-0.05, 0) is 19.1 Å². The summed E-state index contributed by atoms with van der Waals surface area (Å²) < 4.78 is 43.9. The van der Waals surface area contributed by atoms with Crippen LogP contribution >= 0.6 is 0 Å². The predicted molar refractivity (Wildman–Crippen MR) is 101 cm³/mol. The van der Waals surface area contributed by atoms with Gasteiger partial charge in [0.25, 0.3) is 0 Å². The standard InChI is InChI=1S/C10H11N3.C9H11F3N2O/c1-8-10(4-3-5-11-8)9-6-12-13(2)7-9;1-15-5-4-14-8-2-3-13-6-7(8)9(10,11)12/h3-7H,1-2H3;2-3,6H,4-5H2,1H3,(H,13,14). The molecule has 0 aromatic carbocycles. The number of aromatic nitrogens is 4. The van der Waals surface area contributed by atoms with Crippen molar-refractivity contribution in [3.8, 4) is 11.1 Å². The lowest BCUT2D eigenvalue weighted by molar-refractivity contribution is -0.137. The van der Waals surface area contributed by atoms with E-state index in [-0.39, 0.29) is 5.69 Å². The molecule has 0 bridgehead atoms. The molecule has 0 aliphatic heterocycles. The van der Waals surface area contributed by atoms with E-state index in [4.69, 9.17) is 4.74 Å². The van der Waals surface area contributed by atoms with Crippen LogP contribution in [0.15, 0.2) is 49.2 Å². The van der Waals surface area contributed by atoms with E-state index in [1.165, 1.54) is 19.4 Å². The van der Waals surface area contributed by atoms with E-state index in [1.54, 1.807) is 10.9 Å². The number of ether oxygens (including phenoxy) is 1. The van der Waals surface area contributed by atoms with Gasteiger partial charge in [0.2, 0.25) is 0 Å². The SMILES string of the molecule is COCCNc1ccncc1C(F)(F)F.Cc1ncccc1-c1cnn(C)c1. The molecule has 0 atom stereocenters. The van der Waals surface area contributed by atoms with Crippen molar-refractivity contribution in [3.63, 3.8) is 0 Å². The van der Waals surface area contributed by atoms with Gasteiger partial charge in [-0.3, -0.25) is 14.6 Å². The molecule has 3 aromatic heterocycles. The highest BCUT2D eigenvalue weighted by atomic mass is 19.4. The average molecular weight is 393 g/mol. The van der Waals surface area contributed by atoms with Crippen molar-refractivity contribution >= 4 is 5.69 Å². The number of nitrogens with one attached hydrogen (secondary N) is 1. The smallest absolute Gasteiger partial charge is 0.383 e. The number of alkyl halides is 3. The molecule has 0 fully saturated rings. The molecular weight excluding hydrogens is 371 g/mol. The predicted octanol–water partition coefficient (Wildman–Crippen LogP) is 3.95. The van der Waals surface area contributed by atoms with Crippen LogP contribution in [-0.4, -0.2) is 40.0 Å². The first kappa shape index (κ1) is 21.4. The second kappa shape index (κ2) is 9.84. The lowest BCUT2D eigenvalue weighted by Crippen LogP contribution is -2.14. The molecule has 0 unspecified atom stereocenters. The first-order valence-electron chi connectivity index (χ1n) is 8.47. The number of hydrogen-bond donors (Lipinski definition) is 1. The van der Waals surface area contributed by atoms with Crippen molar-refractivity contribution in [2.75, 3.05) is 25.6 Å². The van der Waals surface area contributed by atoms with Crippen molar-refractivity contribution in [1.29, 1.82) is 0 Å². The molecule has 9 heteroatoms. The fourth-order valence-corrected chi connectivity index (χ4v) is 2.41. The molecular formula is C19H22F3N5O. The van der Waals surface area contributed by atoms with E-state index in [0.29, 0.717) is 13.2 Å². The van der Waals surface area contributed by atoms with Crippen LogP contribution in [0.4, 0.5) is 18.9 Å². The van der Waals surface area contributed by atoms with Gasteiger partial charge in [-0.15, -0.1) is 0 Å². The maximum absolute atomic E-state index is 12.4. The van der Waals surface area contributed by atoms with Gasteiger partial charge in [0.05, 0.1) is 18.4 Å². The quantitative estimate of drug-likeness (QED) is 0.665. The number of anilines is 1. The van der Waals surface area contributed by atoms with Gasteiger partial charge < -0.3 is 10.1 Å². The molecule has 3 aromatic rings.